The van der Waals surface area contributed by atoms with Gasteiger partial charge in [0.25, 0.3) is 0 Å². The maximum Gasteiger partial charge on any atom is 0.106 e. The summed E-state index contributed by atoms with van der Waals surface area (Å²) in [5, 5.41) is 15.0. The largest absolute Gasteiger partial charge is 0.383 e. The standard InChI is InChI=1S/C16H16ClNO/c1-16(19,12-6-4-7-13(17)9-12)15-14-8-3-2-5-11(14)10-18-15/h2-9,15,18-19H,10H2,1H3. The van der Waals surface area contributed by atoms with Crippen LogP contribution >= 0.6 is 11.6 Å². The summed E-state index contributed by atoms with van der Waals surface area (Å²) in [6.07, 6.45) is 0. The molecule has 3 heteroatoms. The fourth-order valence-electron chi connectivity index (χ4n) is 2.77. The third-order valence-electron chi connectivity index (χ3n) is 3.83. The van der Waals surface area contributed by atoms with Crippen molar-refractivity contribution in [3.8, 4) is 0 Å². The van der Waals surface area contributed by atoms with Gasteiger partial charge in [0.15, 0.2) is 0 Å². The van der Waals surface area contributed by atoms with Crippen molar-refractivity contribution in [3.05, 3.63) is 70.2 Å². The van der Waals surface area contributed by atoms with Crippen molar-refractivity contribution in [1.82, 2.24) is 5.32 Å². The molecule has 2 atom stereocenters. The van der Waals surface area contributed by atoms with E-state index < -0.39 is 5.60 Å². The molecule has 0 aromatic heterocycles. The first-order valence-corrected chi connectivity index (χ1v) is 6.76. The number of aliphatic hydroxyl groups is 1. The zero-order chi connectivity index (χ0) is 13.5. The Morgan fingerprint density at radius 2 is 2.00 bits per heavy atom. The summed E-state index contributed by atoms with van der Waals surface area (Å²) in [6, 6.07) is 15.5. The second-order valence-corrected chi connectivity index (χ2v) is 5.61. The van der Waals surface area contributed by atoms with E-state index in [-0.39, 0.29) is 6.04 Å². The smallest absolute Gasteiger partial charge is 0.106 e. The molecular formula is C16H16ClNO. The molecule has 19 heavy (non-hydrogen) atoms. The third-order valence-corrected chi connectivity index (χ3v) is 4.07. The number of fused-ring (bicyclic) bond motifs is 1. The average molecular weight is 274 g/mol. The first-order chi connectivity index (χ1) is 9.09. The van der Waals surface area contributed by atoms with Crippen LogP contribution in [0.1, 0.15) is 29.7 Å². The first-order valence-electron chi connectivity index (χ1n) is 6.38. The van der Waals surface area contributed by atoms with E-state index in [0.717, 1.165) is 17.7 Å². The van der Waals surface area contributed by atoms with E-state index in [1.54, 1.807) is 0 Å². The Balaban J connectivity index is 2.02. The number of halogens is 1. The zero-order valence-corrected chi connectivity index (χ0v) is 11.5. The maximum absolute atomic E-state index is 10.9. The maximum atomic E-state index is 10.9. The highest BCUT2D eigenvalue weighted by atomic mass is 35.5. The fourth-order valence-corrected chi connectivity index (χ4v) is 2.96. The molecule has 2 unspecified atom stereocenters. The molecule has 0 fully saturated rings. The van der Waals surface area contributed by atoms with Gasteiger partial charge in [-0.25, -0.2) is 0 Å². The van der Waals surface area contributed by atoms with Gasteiger partial charge in [0, 0.05) is 11.6 Å². The molecule has 2 N–H and O–H groups in total. The first kappa shape index (κ1) is 12.7. The van der Waals surface area contributed by atoms with E-state index in [2.05, 4.69) is 17.4 Å². The third kappa shape index (κ3) is 2.16. The Hall–Kier alpha value is -1.35. The minimum Gasteiger partial charge on any atom is -0.383 e. The summed E-state index contributed by atoms with van der Waals surface area (Å²) in [7, 11) is 0. The van der Waals surface area contributed by atoms with Crippen LogP contribution in [0.15, 0.2) is 48.5 Å². The van der Waals surface area contributed by atoms with Gasteiger partial charge < -0.3 is 10.4 Å². The second-order valence-electron chi connectivity index (χ2n) is 5.17. The molecule has 2 aromatic rings. The number of rotatable bonds is 2. The lowest BCUT2D eigenvalue weighted by Crippen LogP contribution is -2.35. The molecule has 0 radical (unpaired) electrons. The molecule has 0 amide bonds. The van der Waals surface area contributed by atoms with Crippen molar-refractivity contribution in [1.29, 1.82) is 0 Å². The number of hydrogen-bond acceptors (Lipinski definition) is 2. The van der Waals surface area contributed by atoms with Gasteiger partial charge >= 0.3 is 0 Å². The molecular weight excluding hydrogens is 258 g/mol. The minimum absolute atomic E-state index is 0.109. The molecule has 2 nitrogen and oxygen atoms in total. The van der Waals surface area contributed by atoms with E-state index in [4.69, 9.17) is 11.6 Å². The van der Waals surface area contributed by atoms with Gasteiger partial charge in [-0.05, 0) is 35.7 Å². The van der Waals surface area contributed by atoms with Crippen LogP contribution in [0.3, 0.4) is 0 Å². The molecule has 1 heterocycles. The average Bonchev–Trinajstić information content (AvgIpc) is 2.83. The summed E-state index contributed by atoms with van der Waals surface area (Å²) in [4.78, 5) is 0. The SMILES string of the molecule is CC(O)(c1cccc(Cl)c1)C1NCc2ccccc21. The van der Waals surface area contributed by atoms with E-state index in [1.165, 1.54) is 5.56 Å². The van der Waals surface area contributed by atoms with E-state index >= 15 is 0 Å². The van der Waals surface area contributed by atoms with Crippen LogP contribution in [0.25, 0.3) is 0 Å². The van der Waals surface area contributed by atoms with Crippen LogP contribution in [-0.2, 0) is 12.1 Å². The lowest BCUT2D eigenvalue weighted by molar-refractivity contribution is 0.0177. The van der Waals surface area contributed by atoms with Crippen molar-refractivity contribution < 1.29 is 5.11 Å². The predicted octanol–water partition coefficient (Wildman–Crippen LogP) is 3.39. The molecule has 1 aliphatic heterocycles. The summed E-state index contributed by atoms with van der Waals surface area (Å²) >= 11 is 6.03. The number of hydrogen-bond donors (Lipinski definition) is 2. The lowest BCUT2D eigenvalue weighted by atomic mass is 9.84. The van der Waals surface area contributed by atoms with Crippen molar-refractivity contribution >= 4 is 11.6 Å². The number of nitrogens with one attached hydrogen (secondary N) is 1. The highest BCUT2D eigenvalue weighted by Gasteiger charge is 2.38. The second kappa shape index (κ2) is 4.64. The molecule has 2 aromatic carbocycles. The molecule has 0 bridgehead atoms. The molecule has 3 rings (SSSR count). The Kier molecular flexibility index (Phi) is 3.09. The minimum atomic E-state index is -0.989. The summed E-state index contributed by atoms with van der Waals surface area (Å²) in [5.41, 5.74) is 2.24. The highest BCUT2D eigenvalue weighted by Crippen LogP contribution is 2.40. The zero-order valence-electron chi connectivity index (χ0n) is 10.7. The highest BCUT2D eigenvalue weighted by molar-refractivity contribution is 6.30. The van der Waals surface area contributed by atoms with Crippen LogP contribution in [0.4, 0.5) is 0 Å². The van der Waals surface area contributed by atoms with Crippen LogP contribution in [0, 0.1) is 0 Å². The molecule has 0 saturated heterocycles. The lowest BCUT2D eigenvalue weighted by Gasteiger charge is -2.31. The fraction of sp³-hybridized carbons (Fsp3) is 0.250. The van der Waals surface area contributed by atoms with E-state index in [9.17, 15) is 5.11 Å². The van der Waals surface area contributed by atoms with Gasteiger partial charge in [-0.3, -0.25) is 0 Å². The Labute approximate surface area is 118 Å². The van der Waals surface area contributed by atoms with Crippen molar-refractivity contribution in [3.63, 3.8) is 0 Å². The van der Waals surface area contributed by atoms with Gasteiger partial charge in [0.1, 0.15) is 5.60 Å². The van der Waals surface area contributed by atoms with Gasteiger partial charge in [-0.1, -0.05) is 48.0 Å². The van der Waals surface area contributed by atoms with Gasteiger partial charge in [0.2, 0.25) is 0 Å². The molecule has 98 valence electrons. The van der Waals surface area contributed by atoms with Crippen LogP contribution in [0.2, 0.25) is 5.02 Å². The molecule has 0 aliphatic carbocycles. The van der Waals surface area contributed by atoms with Crippen LogP contribution in [-0.4, -0.2) is 5.11 Å². The van der Waals surface area contributed by atoms with Crippen molar-refractivity contribution in [2.24, 2.45) is 0 Å². The van der Waals surface area contributed by atoms with Gasteiger partial charge in [-0.15, -0.1) is 0 Å². The monoisotopic (exact) mass is 273 g/mol. The topological polar surface area (TPSA) is 32.3 Å². The van der Waals surface area contributed by atoms with Crippen LogP contribution < -0.4 is 5.32 Å². The summed E-state index contributed by atoms with van der Waals surface area (Å²) in [5.74, 6) is 0. The quantitative estimate of drug-likeness (QED) is 0.879. The molecule has 1 aliphatic rings. The predicted molar refractivity (Wildman–Crippen MR) is 77.0 cm³/mol. The van der Waals surface area contributed by atoms with Crippen molar-refractivity contribution in [2.75, 3.05) is 0 Å². The van der Waals surface area contributed by atoms with Crippen LogP contribution in [0.5, 0.6) is 0 Å². The summed E-state index contributed by atoms with van der Waals surface area (Å²) < 4.78 is 0. The van der Waals surface area contributed by atoms with Crippen molar-refractivity contribution in [2.45, 2.75) is 25.1 Å². The normalized spacial score (nSPS) is 20.9. The Bertz CT molecular complexity index is 609. The van der Waals surface area contributed by atoms with Gasteiger partial charge in [-0.2, -0.15) is 0 Å². The Morgan fingerprint density at radius 3 is 2.79 bits per heavy atom. The van der Waals surface area contributed by atoms with E-state index in [1.807, 2.05) is 43.3 Å². The van der Waals surface area contributed by atoms with E-state index in [0.29, 0.717) is 5.02 Å². The molecule has 0 saturated carbocycles. The number of benzene rings is 2. The van der Waals surface area contributed by atoms with Gasteiger partial charge in [0.05, 0.1) is 6.04 Å². The summed E-state index contributed by atoms with van der Waals surface area (Å²) in [6.45, 7) is 2.62. The molecule has 0 spiro atoms. The Morgan fingerprint density at radius 1 is 1.21 bits per heavy atom.